The van der Waals surface area contributed by atoms with E-state index in [-0.39, 0.29) is 5.91 Å². The second kappa shape index (κ2) is 5.70. The molecule has 0 radical (unpaired) electrons. The molecule has 2 aliphatic rings. The molecule has 1 amide bonds. The third-order valence-electron chi connectivity index (χ3n) is 4.18. The van der Waals surface area contributed by atoms with E-state index in [1.54, 1.807) is 0 Å². The molecule has 0 saturated heterocycles. The molecule has 0 unspecified atom stereocenters. The van der Waals surface area contributed by atoms with E-state index in [4.69, 9.17) is 0 Å². The van der Waals surface area contributed by atoms with Gasteiger partial charge in [-0.2, -0.15) is 0 Å². The van der Waals surface area contributed by atoms with Crippen molar-refractivity contribution in [2.24, 2.45) is 0 Å². The van der Waals surface area contributed by atoms with Gasteiger partial charge in [-0.1, -0.05) is 25.7 Å². The Morgan fingerprint density at radius 1 is 1.16 bits per heavy atom. The first-order valence-electron chi connectivity index (χ1n) is 7.42. The van der Waals surface area contributed by atoms with Gasteiger partial charge in [0.05, 0.1) is 0 Å². The highest BCUT2D eigenvalue weighted by Gasteiger charge is 2.28. The van der Waals surface area contributed by atoms with Gasteiger partial charge in [-0.15, -0.1) is 0 Å². The number of aromatic nitrogens is 1. The third-order valence-corrected chi connectivity index (χ3v) is 4.61. The van der Waals surface area contributed by atoms with Gasteiger partial charge in [0.15, 0.2) is 0 Å². The van der Waals surface area contributed by atoms with Gasteiger partial charge in [-0.25, -0.2) is 0 Å². The third kappa shape index (κ3) is 3.22. The van der Waals surface area contributed by atoms with E-state index < -0.39 is 0 Å². The molecular weight excluding hydrogens is 304 g/mol. The van der Waals surface area contributed by atoms with Crippen molar-refractivity contribution in [1.82, 2.24) is 9.88 Å². The van der Waals surface area contributed by atoms with E-state index in [0.717, 1.165) is 23.0 Å². The molecule has 2 fully saturated rings. The minimum atomic E-state index is 0.101. The van der Waals surface area contributed by atoms with Crippen LogP contribution in [0.15, 0.2) is 16.7 Å². The van der Waals surface area contributed by atoms with E-state index in [9.17, 15) is 4.79 Å². The summed E-state index contributed by atoms with van der Waals surface area (Å²) in [7, 11) is 0. The van der Waals surface area contributed by atoms with Crippen LogP contribution in [-0.2, 0) is 0 Å². The van der Waals surface area contributed by atoms with Crippen molar-refractivity contribution in [3.05, 3.63) is 22.4 Å². The second-order valence-electron chi connectivity index (χ2n) is 5.84. The number of carbonyl (C=O) groups excluding carboxylic acids is 1. The summed E-state index contributed by atoms with van der Waals surface area (Å²) >= 11 is 3.48. The van der Waals surface area contributed by atoms with Crippen LogP contribution in [0.5, 0.6) is 0 Å². The largest absolute Gasteiger partial charge is 0.348 e. The lowest BCUT2D eigenvalue weighted by Crippen LogP contribution is -2.35. The molecule has 0 atom stereocenters. The number of hydrogen-bond acceptors (Lipinski definition) is 1. The summed E-state index contributed by atoms with van der Waals surface area (Å²) in [5.74, 6) is 0.101. The van der Waals surface area contributed by atoms with Gasteiger partial charge in [-0.05, 0) is 47.7 Å². The number of amides is 1. The van der Waals surface area contributed by atoms with Crippen molar-refractivity contribution in [2.75, 3.05) is 0 Å². The van der Waals surface area contributed by atoms with Crippen LogP contribution in [0, 0.1) is 0 Å². The number of rotatable bonds is 3. The zero-order valence-electron chi connectivity index (χ0n) is 11.2. The monoisotopic (exact) mass is 324 g/mol. The fourth-order valence-electron chi connectivity index (χ4n) is 2.97. The highest BCUT2D eigenvalue weighted by molar-refractivity contribution is 9.10. The van der Waals surface area contributed by atoms with Crippen molar-refractivity contribution in [3.63, 3.8) is 0 Å². The van der Waals surface area contributed by atoms with Crippen LogP contribution >= 0.6 is 15.9 Å². The molecule has 3 nitrogen and oxygen atoms in total. The Kier molecular flexibility index (Phi) is 3.96. The summed E-state index contributed by atoms with van der Waals surface area (Å²) in [6, 6.07) is 2.86. The topological polar surface area (TPSA) is 34.0 Å². The lowest BCUT2D eigenvalue weighted by molar-refractivity contribution is 0.0923. The minimum Gasteiger partial charge on any atom is -0.348 e. The van der Waals surface area contributed by atoms with Crippen LogP contribution in [-0.4, -0.2) is 16.5 Å². The molecule has 4 heteroatoms. The highest BCUT2D eigenvalue weighted by atomic mass is 79.9. The van der Waals surface area contributed by atoms with Gasteiger partial charge < -0.3 is 9.88 Å². The second-order valence-corrected chi connectivity index (χ2v) is 6.76. The molecule has 0 spiro atoms. The van der Waals surface area contributed by atoms with Crippen molar-refractivity contribution in [2.45, 2.75) is 63.5 Å². The molecule has 1 aromatic rings. The Hall–Kier alpha value is -0.770. The Bertz CT molecular complexity index is 457. The van der Waals surface area contributed by atoms with Crippen LogP contribution in [0.2, 0.25) is 0 Å². The molecule has 19 heavy (non-hydrogen) atoms. The fraction of sp³-hybridized carbons (Fsp3) is 0.667. The average molecular weight is 325 g/mol. The van der Waals surface area contributed by atoms with Crippen LogP contribution in [0.3, 0.4) is 0 Å². The Morgan fingerprint density at radius 3 is 2.47 bits per heavy atom. The highest BCUT2D eigenvalue weighted by Crippen LogP contribution is 2.37. The molecule has 104 valence electrons. The maximum atomic E-state index is 12.4. The van der Waals surface area contributed by atoms with E-state index in [0.29, 0.717) is 12.1 Å². The number of hydrogen-bond donors (Lipinski definition) is 1. The van der Waals surface area contributed by atoms with Gasteiger partial charge in [-0.3, -0.25) is 4.79 Å². The number of halogens is 1. The molecule has 0 bridgehead atoms. The Balaban J connectivity index is 1.69. The first-order valence-corrected chi connectivity index (χ1v) is 8.21. The number of carbonyl (C=O) groups is 1. The smallest absolute Gasteiger partial charge is 0.268 e. The Morgan fingerprint density at radius 2 is 1.84 bits per heavy atom. The predicted molar refractivity (Wildman–Crippen MR) is 79.4 cm³/mol. The van der Waals surface area contributed by atoms with Crippen LogP contribution < -0.4 is 5.32 Å². The standard InChI is InChI=1S/C15H21BrN2O/c16-11-9-14(18(10-11)13-7-8-13)15(19)17-12-5-3-1-2-4-6-12/h9-10,12-13H,1-8H2,(H,17,19). The summed E-state index contributed by atoms with van der Waals surface area (Å²) in [4.78, 5) is 12.4. The van der Waals surface area contributed by atoms with E-state index in [2.05, 4.69) is 25.8 Å². The average Bonchev–Trinajstić information content (AvgIpc) is 3.17. The molecule has 2 saturated carbocycles. The van der Waals surface area contributed by atoms with Crippen LogP contribution in [0.4, 0.5) is 0 Å². The first-order chi connectivity index (χ1) is 9.24. The quantitative estimate of drug-likeness (QED) is 0.836. The maximum absolute atomic E-state index is 12.4. The molecule has 2 aliphatic carbocycles. The summed E-state index contributed by atoms with van der Waals surface area (Å²) in [5.41, 5.74) is 0.818. The zero-order chi connectivity index (χ0) is 13.2. The number of nitrogens with zero attached hydrogens (tertiary/aromatic N) is 1. The van der Waals surface area contributed by atoms with Gasteiger partial charge >= 0.3 is 0 Å². The molecule has 1 N–H and O–H groups in total. The molecule has 0 aliphatic heterocycles. The van der Waals surface area contributed by atoms with Crippen LogP contribution in [0.25, 0.3) is 0 Å². The molecule has 0 aromatic carbocycles. The van der Waals surface area contributed by atoms with Gasteiger partial charge in [0, 0.05) is 22.8 Å². The molecular formula is C15H21BrN2O. The summed E-state index contributed by atoms with van der Waals surface area (Å²) < 4.78 is 3.14. The van der Waals surface area contributed by atoms with E-state index >= 15 is 0 Å². The number of nitrogens with one attached hydrogen (secondary N) is 1. The summed E-state index contributed by atoms with van der Waals surface area (Å²) in [5, 5.41) is 3.23. The summed E-state index contributed by atoms with van der Waals surface area (Å²) in [6.07, 6.45) is 11.8. The predicted octanol–water partition coefficient (Wildman–Crippen LogP) is 4.04. The molecule has 3 rings (SSSR count). The van der Waals surface area contributed by atoms with Crippen molar-refractivity contribution in [1.29, 1.82) is 0 Å². The minimum absolute atomic E-state index is 0.101. The van der Waals surface area contributed by atoms with Crippen molar-refractivity contribution < 1.29 is 4.79 Å². The van der Waals surface area contributed by atoms with Crippen LogP contribution in [0.1, 0.15) is 67.9 Å². The SMILES string of the molecule is O=C(NC1CCCCCC1)c1cc(Br)cn1C1CC1. The Labute approximate surface area is 122 Å². The normalized spacial score (nSPS) is 21.1. The molecule has 1 heterocycles. The van der Waals surface area contributed by atoms with E-state index in [1.807, 2.05) is 12.3 Å². The lowest BCUT2D eigenvalue weighted by atomic mass is 10.1. The van der Waals surface area contributed by atoms with Gasteiger partial charge in [0.25, 0.3) is 5.91 Å². The van der Waals surface area contributed by atoms with E-state index in [1.165, 1.54) is 38.5 Å². The maximum Gasteiger partial charge on any atom is 0.268 e. The van der Waals surface area contributed by atoms with Crippen molar-refractivity contribution >= 4 is 21.8 Å². The molecule has 1 aromatic heterocycles. The fourth-order valence-corrected chi connectivity index (χ4v) is 3.40. The van der Waals surface area contributed by atoms with Crippen molar-refractivity contribution in [3.8, 4) is 0 Å². The lowest BCUT2D eigenvalue weighted by Gasteiger charge is -2.17. The zero-order valence-corrected chi connectivity index (χ0v) is 12.8. The summed E-state index contributed by atoms with van der Waals surface area (Å²) in [6.45, 7) is 0. The van der Waals surface area contributed by atoms with Gasteiger partial charge in [0.2, 0.25) is 0 Å². The van der Waals surface area contributed by atoms with Gasteiger partial charge in [0.1, 0.15) is 5.69 Å². The first kappa shape index (κ1) is 13.2.